The molecule has 1 saturated carbocycles. The van der Waals surface area contributed by atoms with Crippen LogP contribution in [0.3, 0.4) is 0 Å². The van der Waals surface area contributed by atoms with E-state index in [0.717, 1.165) is 12.5 Å². The molecule has 0 aromatic heterocycles. The quantitative estimate of drug-likeness (QED) is 0.201. The molecule has 1 rings (SSSR count). The predicted octanol–water partition coefficient (Wildman–Crippen LogP) is 8.80. The van der Waals surface area contributed by atoms with Gasteiger partial charge in [-0.15, -0.1) is 0 Å². The van der Waals surface area contributed by atoms with Crippen LogP contribution in [0.4, 0.5) is 0 Å². The molecule has 0 unspecified atom stereocenters. The molecule has 0 N–H and O–H groups in total. The lowest BCUT2D eigenvalue weighted by Crippen LogP contribution is -2.05. The Bertz CT molecular complexity index is 286. The molecule has 1 fully saturated rings. The van der Waals surface area contributed by atoms with Gasteiger partial charge >= 0.3 is 0 Å². The first-order chi connectivity index (χ1) is 13.3. The maximum Gasteiger partial charge on any atom is 0.0560 e. The van der Waals surface area contributed by atoms with Crippen molar-refractivity contribution in [2.75, 3.05) is 18.1 Å². The summed E-state index contributed by atoms with van der Waals surface area (Å²) in [4.78, 5) is 0. The molecular formula is C25H50OS. The van der Waals surface area contributed by atoms with Crippen molar-refractivity contribution in [3.63, 3.8) is 0 Å². The topological polar surface area (TPSA) is 9.23 Å². The molecule has 0 radical (unpaired) electrons. The van der Waals surface area contributed by atoms with Crippen molar-refractivity contribution < 1.29 is 4.74 Å². The molecule has 0 atom stereocenters. The Morgan fingerprint density at radius 2 is 1.19 bits per heavy atom. The molecule has 27 heavy (non-hydrogen) atoms. The van der Waals surface area contributed by atoms with Crippen LogP contribution < -0.4 is 0 Å². The zero-order chi connectivity index (χ0) is 19.4. The van der Waals surface area contributed by atoms with Gasteiger partial charge in [0.05, 0.1) is 12.7 Å². The number of thioether (sulfide) groups is 1. The average molecular weight is 399 g/mol. The molecule has 0 amide bonds. The van der Waals surface area contributed by atoms with E-state index >= 15 is 0 Å². The standard InChI is InChI=1S/C25H50OS/c1-24(2)26-21-23-27-22-17-12-10-8-6-4-3-5-7-9-11-14-18-25-19-15-13-16-20-25/h24-25H,3-23H2,1-2H3. The Morgan fingerprint density at radius 1 is 0.667 bits per heavy atom. The first kappa shape index (κ1) is 25.3. The molecule has 0 aromatic rings. The van der Waals surface area contributed by atoms with Gasteiger partial charge in [-0.1, -0.05) is 109 Å². The molecule has 0 heterocycles. The molecule has 1 aliphatic carbocycles. The summed E-state index contributed by atoms with van der Waals surface area (Å²) in [6, 6.07) is 0. The second-order valence-electron chi connectivity index (χ2n) is 9.07. The van der Waals surface area contributed by atoms with Crippen molar-refractivity contribution in [1.29, 1.82) is 0 Å². The molecule has 1 aliphatic rings. The van der Waals surface area contributed by atoms with Crippen LogP contribution in [0.2, 0.25) is 0 Å². The van der Waals surface area contributed by atoms with Crippen LogP contribution in [-0.2, 0) is 4.74 Å². The molecular weight excluding hydrogens is 348 g/mol. The van der Waals surface area contributed by atoms with E-state index in [-0.39, 0.29) is 0 Å². The molecule has 2 heteroatoms. The highest BCUT2D eigenvalue weighted by Gasteiger charge is 2.12. The molecule has 0 aromatic carbocycles. The van der Waals surface area contributed by atoms with E-state index in [0.29, 0.717) is 6.10 Å². The highest BCUT2D eigenvalue weighted by molar-refractivity contribution is 7.99. The summed E-state index contributed by atoms with van der Waals surface area (Å²) >= 11 is 2.06. The normalized spacial score (nSPS) is 15.7. The van der Waals surface area contributed by atoms with Crippen molar-refractivity contribution in [2.24, 2.45) is 5.92 Å². The summed E-state index contributed by atoms with van der Waals surface area (Å²) in [6.45, 7) is 5.15. The van der Waals surface area contributed by atoms with Gasteiger partial charge in [0.25, 0.3) is 0 Å². The minimum absolute atomic E-state index is 0.386. The van der Waals surface area contributed by atoms with Crippen LogP contribution in [0.15, 0.2) is 0 Å². The summed E-state index contributed by atoms with van der Waals surface area (Å²) in [5, 5.41) is 0. The van der Waals surface area contributed by atoms with E-state index in [4.69, 9.17) is 4.74 Å². The third kappa shape index (κ3) is 18.1. The van der Waals surface area contributed by atoms with Crippen molar-refractivity contribution in [3.8, 4) is 0 Å². The van der Waals surface area contributed by atoms with E-state index in [2.05, 4.69) is 25.6 Å². The van der Waals surface area contributed by atoms with Crippen molar-refractivity contribution in [2.45, 2.75) is 136 Å². The minimum Gasteiger partial charge on any atom is -0.378 e. The summed E-state index contributed by atoms with van der Waals surface area (Å²) in [7, 11) is 0. The van der Waals surface area contributed by atoms with Crippen LogP contribution in [0, 0.1) is 5.92 Å². The predicted molar refractivity (Wildman–Crippen MR) is 125 cm³/mol. The van der Waals surface area contributed by atoms with Gasteiger partial charge in [0.2, 0.25) is 0 Å². The second-order valence-corrected chi connectivity index (χ2v) is 10.3. The molecule has 1 nitrogen and oxygen atoms in total. The Balaban J connectivity index is 1.65. The lowest BCUT2D eigenvalue weighted by Gasteiger charge is -2.21. The van der Waals surface area contributed by atoms with Crippen molar-refractivity contribution in [1.82, 2.24) is 0 Å². The lowest BCUT2D eigenvalue weighted by atomic mass is 9.85. The van der Waals surface area contributed by atoms with Gasteiger partial charge in [-0.05, 0) is 31.9 Å². The minimum atomic E-state index is 0.386. The maximum atomic E-state index is 5.57. The van der Waals surface area contributed by atoms with E-state index < -0.39 is 0 Å². The summed E-state index contributed by atoms with van der Waals surface area (Å²) in [5.74, 6) is 3.58. The van der Waals surface area contributed by atoms with Gasteiger partial charge < -0.3 is 4.74 Å². The zero-order valence-electron chi connectivity index (χ0n) is 18.8. The smallest absolute Gasteiger partial charge is 0.0560 e. The fraction of sp³-hybridized carbons (Fsp3) is 1.00. The van der Waals surface area contributed by atoms with Gasteiger partial charge in [0, 0.05) is 5.75 Å². The fourth-order valence-electron chi connectivity index (χ4n) is 4.33. The Labute approximate surface area is 176 Å². The number of hydrogen-bond acceptors (Lipinski definition) is 2. The maximum absolute atomic E-state index is 5.57. The van der Waals surface area contributed by atoms with Gasteiger partial charge in [0.15, 0.2) is 0 Å². The monoisotopic (exact) mass is 398 g/mol. The first-order valence-corrected chi connectivity index (χ1v) is 13.6. The average Bonchev–Trinajstić information content (AvgIpc) is 2.67. The second kappa shape index (κ2) is 19.6. The van der Waals surface area contributed by atoms with E-state index in [9.17, 15) is 0 Å². The van der Waals surface area contributed by atoms with E-state index in [1.165, 1.54) is 127 Å². The molecule has 0 spiro atoms. The Kier molecular flexibility index (Phi) is 18.4. The number of ether oxygens (including phenoxy) is 1. The van der Waals surface area contributed by atoms with Crippen LogP contribution in [-0.4, -0.2) is 24.2 Å². The summed E-state index contributed by atoms with van der Waals surface area (Å²) in [6.07, 6.45) is 27.1. The summed E-state index contributed by atoms with van der Waals surface area (Å²) < 4.78 is 5.57. The lowest BCUT2D eigenvalue weighted by molar-refractivity contribution is 0.0920. The number of unbranched alkanes of at least 4 members (excludes halogenated alkanes) is 11. The highest BCUT2D eigenvalue weighted by Crippen LogP contribution is 2.28. The first-order valence-electron chi connectivity index (χ1n) is 12.5. The van der Waals surface area contributed by atoms with Gasteiger partial charge in [-0.2, -0.15) is 11.8 Å². The highest BCUT2D eigenvalue weighted by atomic mass is 32.2. The number of rotatable bonds is 19. The third-order valence-corrected chi connectivity index (χ3v) is 7.09. The van der Waals surface area contributed by atoms with Crippen LogP contribution >= 0.6 is 11.8 Å². The van der Waals surface area contributed by atoms with E-state index in [1.54, 1.807) is 0 Å². The van der Waals surface area contributed by atoms with Gasteiger partial charge in [0.1, 0.15) is 0 Å². The van der Waals surface area contributed by atoms with Crippen molar-refractivity contribution >= 4 is 11.8 Å². The zero-order valence-corrected chi connectivity index (χ0v) is 19.6. The summed E-state index contributed by atoms with van der Waals surface area (Å²) in [5.41, 5.74) is 0. The van der Waals surface area contributed by atoms with Gasteiger partial charge in [-0.3, -0.25) is 0 Å². The SMILES string of the molecule is CC(C)OCCSCCCCCCCCCCCCCCC1CCCCC1. The van der Waals surface area contributed by atoms with Crippen molar-refractivity contribution in [3.05, 3.63) is 0 Å². The molecule has 0 saturated heterocycles. The Hall–Kier alpha value is 0.310. The third-order valence-electron chi connectivity index (χ3n) is 6.05. The molecule has 0 bridgehead atoms. The molecule has 0 aliphatic heterocycles. The van der Waals surface area contributed by atoms with Crippen LogP contribution in [0.25, 0.3) is 0 Å². The number of hydrogen-bond donors (Lipinski definition) is 0. The van der Waals surface area contributed by atoms with Gasteiger partial charge in [-0.25, -0.2) is 0 Å². The fourth-order valence-corrected chi connectivity index (χ4v) is 5.15. The molecule has 162 valence electrons. The van der Waals surface area contributed by atoms with Crippen LogP contribution in [0.5, 0.6) is 0 Å². The van der Waals surface area contributed by atoms with Crippen LogP contribution in [0.1, 0.15) is 129 Å². The largest absolute Gasteiger partial charge is 0.378 e. The van der Waals surface area contributed by atoms with E-state index in [1.807, 2.05) is 0 Å². The Morgan fingerprint density at radius 3 is 1.74 bits per heavy atom.